The van der Waals surface area contributed by atoms with Crippen LogP contribution in [0.1, 0.15) is 45.9 Å². The number of likely N-dealkylation sites (tertiary alicyclic amines) is 1. The fourth-order valence-electron chi connectivity index (χ4n) is 2.55. The Morgan fingerprint density at radius 1 is 1.50 bits per heavy atom. The standard InChI is InChI=1S/C13H23N3O2.C2H6/c1-4-18-13-7-10(2)16(14-13)11(3)8-15-6-5-12(17)9-15;1-2/h7,11-12,17H,4-6,8-9H2,1-3H3;1-2H3. The van der Waals surface area contributed by atoms with Gasteiger partial charge >= 0.3 is 0 Å². The van der Waals surface area contributed by atoms with Gasteiger partial charge in [0.25, 0.3) is 0 Å². The Bertz CT molecular complexity index is 392. The van der Waals surface area contributed by atoms with E-state index in [0.29, 0.717) is 18.5 Å². The van der Waals surface area contributed by atoms with Crippen LogP contribution in [-0.2, 0) is 0 Å². The van der Waals surface area contributed by atoms with Crippen molar-refractivity contribution in [2.75, 3.05) is 26.2 Å². The lowest BCUT2D eigenvalue weighted by molar-refractivity contribution is 0.170. The number of ether oxygens (including phenoxy) is 1. The molecule has 0 radical (unpaired) electrons. The molecule has 2 rings (SSSR count). The third-order valence-corrected chi connectivity index (χ3v) is 3.38. The molecule has 1 aromatic heterocycles. The van der Waals surface area contributed by atoms with Crippen LogP contribution < -0.4 is 4.74 Å². The predicted molar refractivity (Wildman–Crippen MR) is 81.3 cm³/mol. The van der Waals surface area contributed by atoms with Crippen LogP contribution in [-0.4, -0.2) is 52.1 Å². The Labute approximate surface area is 122 Å². The van der Waals surface area contributed by atoms with E-state index in [2.05, 4.69) is 16.9 Å². The smallest absolute Gasteiger partial charge is 0.232 e. The molecule has 1 aromatic rings. The molecule has 0 spiro atoms. The van der Waals surface area contributed by atoms with Crippen molar-refractivity contribution in [2.45, 2.75) is 53.2 Å². The Morgan fingerprint density at radius 2 is 2.20 bits per heavy atom. The zero-order valence-electron chi connectivity index (χ0n) is 13.5. The van der Waals surface area contributed by atoms with Crippen LogP contribution in [0.2, 0.25) is 0 Å². The number of aliphatic hydroxyl groups is 1. The monoisotopic (exact) mass is 283 g/mol. The number of aromatic nitrogens is 2. The molecule has 5 heteroatoms. The van der Waals surface area contributed by atoms with Crippen LogP contribution in [0.5, 0.6) is 5.88 Å². The summed E-state index contributed by atoms with van der Waals surface area (Å²) in [6.45, 7) is 13.5. The number of hydrogen-bond donors (Lipinski definition) is 1. The van der Waals surface area contributed by atoms with Crippen LogP contribution in [0.3, 0.4) is 0 Å². The van der Waals surface area contributed by atoms with Crippen molar-refractivity contribution in [1.29, 1.82) is 0 Å². The second kappa shape index (κ2) is 8.27. The van der Waals surface area contributed by atoms with E-state index < -0.39 is 0 Å². The van der Waals surface area contributed by atoms with Crippen LogP contribution >= 0.6 is 0 Å². The average Bonchev–Trinajstić information content (AvgIpc) is 2.99. The second-order valence-corrected chi connectivity index (χ2v) is 5.05. The van der Waals surface area contributed by atoms with Crippen LogP contribution in [0.15, 0.2) is 6.07 Å². The minimum atomic E-state index is -0.157. The first-order valence-electron chi connectivity index (χ1n) is 7.69. The zero-order valence-corrected chi connectivity index (χ0v) is 13.5. The molecule has 2 atom stereocenters. The summed E-state index contributed by atoms with van der Waals surface area (Å²) in [4.78, 5) is 2.29. The number of aliphatic hydroxyl groups excluding tert-OH is 1. The number of nitrogens with zero attached hydrogens (tertiary/aromatic N) is 3. The summed E-state index contributed by atoms with van der Waals surface area (Å²) in [7, 11) is 0. The highest BCUT2D eigenvalue weighted by molar-refractivity contribution is 5.14. The van der Waals surface area contributed by atoms with Crippen molar-refractivity contribution >= 4 is 0 Å². The summed E-state index contributed by atoms with van der Waals surface area (Å²) in [6, 6.07) is 2.27. The first kappa shape index (κ1) is 17.0. The molecule has 2 unspecified atom stereocenters. The summed E-state index contributed by atoms with van der Waals surface area (Å²) < 4.78 is 7.43. The fraction of sp³-hybridized carbons (Fsp3) is 0.800. The molecule has 1 saturated heterocycles. The number of hydrogen-bond acceptors (Lipinski definition) is 4. The largest absolute Gasteiger partial charge is 0.477 e. The zero-order chi connectivity index (χ0) is 15.1. The van der Waals surface area contributed by atoms with Gasteiger partial charge in [-0.3, -0.25) is 9.58 Å². The molecule has 0 saturated carbocycles. The third kappa shape index (κ3) is 4.49. The molecule has 1 fully saturated rings. The average molecular weight is 283 g/mol. The SMILES string of the molecule is CC.CCOc1cc(C)n(C(C)CN2CCC(O)C2)n1. The summed E-state index contributed by atoms with van der Waals surface area (Å²) in [5.41, 5.74) is 1.12. The van der Waals surface area contributed by atoms with Crippen LogP contribution in [0.25, 0.3) is 0 Å². The van der Waals surface area contributed by atoms with Gasteiger partial charge in [-0.05, 0) is 27.2 Å². The maximum absolute atomic E-state index is 9.53. The molecular weight excluding hydrogens is 254 g/mol. The predicted octanol–water partition coefficient (Wildman–Crippen LogP) is 2.24. The molecule has 2 heterocycles. The molecule has 0 amide bonds. The van der Waals surface area contributed by atoms with Crippen molar-refractivity contribution in [3.63, 3.8) is 0 Å². The molecule has 1 N–H and O–H groups in total. The van der Waals surface area contributed by atoms with E-state index in [0.717, 1.165) is 31.7 Å². The van der Waals surface area contributed by atoms with Crippen LogP contribution in [0, 0.1) is 6.92 Å². The van der Waals surface area contributed by atoms with E-state index in [1.807, 2.05) is 38.4 Å². The van der Waals surface area contributed by atoms with E-state index in [1.165, 1.54) is 0 Å². The summed E-state index contributed by atoms with van der Waals surface area (Å²) >= 11 is 0. The molecular formula is C15H29N3O2. The molecule has 0 aromatic carbocycles. The van der Waals surface area contributed by atoms with Gasteiger partial charge in [0.2, 0.25) is 5.88 Å². The molecule has 116 valence electrons. The topological polar surface area (TPSA) is 50.5 Å². The first-order valence-corrected chi connectivity index (χ1v) is 7.69. The van der Waals surface area contributed by atoms with Gasteiger partial charge in [0.05, 0.1) is 18.8 Å². The van der Waals surface area contributed by atoms with Crippen molar-refractivity contribution < 1.29 is 9.84 Å². The maximum atomic E-state index is 9.53. The van der Waals surface area contributed by atoms with Crippen molar-refractivity contribution in [3.05, 3.63) is 11.8 Å². The number of β-amino-alcohol motifs (C(OH)–C–C–N with tert-alkyl or cyclic N) is 1. The summed E-state index contributed by atoms with van der Waals surface area (Å²) in [5.74, 6) is 0.698. The number of rotatable bonds is 5. The molecule has 20 heavy (non-hydrogen) atoms. The third-order valence-electron chi connectivity index (χ3n) is 3.38. The highest BCUT2D eigenvalue weighted by Crippen LogP contribution is 2.19. The lowest BCUT2D eigenvalue weighted by atomic mass is 10.3. The highest BCUT2D eigenvalue weighted by atomic mass is 16.5. The molecule has 5 nitrogen and oxygen atoms in total. The van der Waals surface area contributed by atoms with Crippen molar-refractivity contribution in [1.82, 2.24) is 14.7 Å². The van der Waals surface area contributed by atoms with Crippen molar-refractivity contribution in [3.8, 4) is 5.88 Å². The van der Waals surface area contributed by atoms with Gasteiger partial charge < -0.3 is 9.84 Å². The minimum absolute atomic E-state index is 0.157. The van der Waals surface area contributed by atoms with Crippen molar-refractivity contribution in [2.24, 2.45) is 0 Å². The second-order valence-electron chi connectivity index (χ2n) is 5.05. The van der Waals surface area contributed by atoms with E-state index in [4.69, 9.17) is 4.74 Å². The van der Waals surface area contributed by atoms with Gasteiger partial charge in [-0.1, -0.05) is 13.8 Å². The van der Waals surface area contributed by atoms with Gasteiger partial charge in [0.15, 0.2) is 0 Å². The van der Waals surface area contributed by atoms with E-state index >= 15 is 0 Å². The van der Waals surface area contributed by atoms with E-state index in [-0.39, 0.29) is 6.10 Å². The van der Waals surface area contributed by atoms with Gasteiger partial charge in [-0.2, -0.15) is 0 Å². The Morgan fingerprint density at radius 3 is 2.75 bits per heavy atom. The number of aryl methyl sites for hydroxylation is 1. The van der Waals surface area contributed by atoms with E-state index in [1.54, 1.807) is 0 Å². The van der Waals surface area contributed by atoms with Gasteiger partial charge in [0.1, 0.15) is 0 Å². The van der Waals surface area contributed by atoms with Gasteiger partial charge in [-0.25, -0.2) is 0 Å². The lowest BCUT2D eigenvalue weighted by Gasteiger charge is -2.21. The maximum Gasteiger partial charge on any atom is 0.232 e. The minimum Gasteiger partial charge on any atom is -0.477 e. The Balaban J connectivity index is 0.000000956. The molecule has 0 bridgehead atoms. The van der Waals surface area contributed by atoms with Gasteiger partial charge in [0, 0.05) is 31.4 Å². The first-order chi connectivity index (χ1) is 9.60. The Kier molecular flexibility index (Phi) is 7.02. The highest BCUT2D eigenvalue weighted by Gasteiger charge is 2.23. The quantitative estimate of drug-likeness (QED) is 0.900. The van der Waals surface area contributed by atoms with E-state index in [9.17, 15) is 5.11 Å². The molecule has 0 aliphatic carbocycles. The normalized spacial score (nSPS) is 20.4. The Hall–Kier alpha value is -1.07. The summed E-state index contributed by atoms with van der Waals surface area (Å²) in [5, 5.41) is 14.0. The summed E-state index contributed by atoms with van der Waals surface area (Å²) in [6.07, 6.45) is 0.726. The lowest BCUT2D eigenvalue weighted by Crippen LogP contribution is -2.29. The molecule has 1 aliphatic heterocycles. The van der Waals surface area contributed by atoms with Crippen LogP contribution in [0.4, 0.5) is 0 Å². The molecule has 1 aliphatic rings. The van der Waals surface area contributed by atoms with Gasteiger partial charge in [-0.15, -0.1) is 5.10 Å². The fourth-order valence-corrected chi connectivity index (χ4v) is 2.55.